The summed E-state index contributed by atoms with van der Waals surface area (Å²) in [5.74, 6) is 0.162. The van der Waals surface area contributed by atoms with Crippen LogP contribution >= 0.6 is 0 Å². The number of alkyl halides is 3. The van der Waals surface area contributed by atoms with Crippen LogP contribution in [0.1, 0.15) is 31.2 Å². The van der Waals surface area contributed by atoms with Gasteiger partial charge in [-0.25, -0.2) is 0 Å². The first-order valence-electron chi connectivity index (χ1n) is 8.81. The summed E-state index contributed by atoms with van der Waals surface area (Å²) in [6.45, 7) is 0.453. The topological polar surface area (TPSA) is 53.5 Å². The molecule has 1 aromatic rings. The summed E-state index contributed by atoms with van der Waals surface area (Å²) in [5, 5.41) is 6.12. The Morgan fingerprint density at radius 3 is 2.65 bits per heavy atom. The van der Waals surface area contributed by atoms with E-state index in [1.807, 2.05) is 30.3 Å². The lowest BCUT2D eigenvalue weighted by atomic mass is 9.85. The fourth-order valence-corrected chi connectivity index (χ4v) is 4.16. The van der Waals surface area contributed by atoms with Crippen LogP contribution in [0.2, 0.25) is 0 Å². The van der Waals surface area contributed by atoms with Crippen molar-refractivity contribution in [2.45, 2.75) is 43.7 Å². The van der Waals surface area contributed by atoms with Crippen molar-refractivity contribution in [2.75, 3.05) is 19.3 Å². The van der Waals surface area contributed by atoms with Crippen LogP contribution in [0.3, 0.4) is 0 Å². The summed E-state index contributed by atoms with van der Waals surface area (Å²) in [6.07, 6.45) is -2.60. The number of nitrogens with zero attached hydrogens (tertiary/aromatic N) is 1. The Morgan fingerprint density at radius 1 is 1.27 bits per heavy atom. The molecule has 0 amide bonds. The molecule has 1 fully saturated rings. The molecule has 1 aromatic carbocycles. The lowest BCUT2D eigenvalue weighted by Gasteiger charge is -2.31. The van der Waals surface area contributed by atoms with Crippen molar-refractivity contribution < 1.29 is 17.4 Å². The van der Waals surface area contributed by atoms with Gasteiger partial charge in [0.05, 0.1) is 5.92 Å². The van der Waals surface area contributed by atoms with E-state index in [0.29, 0.717) is 36.9 Å². The highest BCUT2D eigenvalue weighted by Crippen LogP contribution is 2.37. The monoisotopic (exact) mass is 389 g/mol. The average molecular weight is 389 g/mol. The first kappa shape index (κ1) is 20.7. The van der Waals surface area contributed by atoms with Gasteiger partial charge in [0.15, 0.2) is 5.96 Å². The van der Waals surface area contributed by atoms with E-state index in [9.17, 15) is 17.4 Å². The van der Waals surface area contributed by atoms with E-state index in [1.165, 1.54) is 0 Å². The number of hydrogen-bond acceptors (Lipinski definition) is 2. The van der Waals surface area contributed by atoms with Crippen LogP contribution in [0.15, 0.2) is 35.3 Å². The molecule has 0 saturated heterocycles. The maximum Gasteiger partial charge on any atom is 0.391 e. The zero-order valence-electron chi connectivity index (χ0n) is 14.9. The number of benzene rings is 1. The minimum absolute atomic E-state index is 0.0735. The fourth-order valence-electron chi connectivity index (χ4n) is 3.12. The number of hydrogen-bond donors (Lipinski definition) is 2. The van der Waals surface area contributed by atoms with E-state index in [4.69, 9.17) is 0 Å². The van der Waals surface area contributed by atoms with E-state index < -0.39 is 22.9 Å². The second kappa shape index (κ2) is 9.94. The number of halogens is 3. The molecule has 4 nitrogen and oxygen atoms in total. The first-order valence-corrected chi connectivity index (χ1v) is 10.3. The average Bonchev–Trinajstić information content (AvgIpc) is 2.61. The van der Waals surface area contributed by atoms with E-state index in [-0.39, 0.29) is 18.9 Å². The summed E-state index contributed by atoms with van der Waals surface area (Å²) in [6, 6.07) is 9.37. The molecule has 0 spiro atoms. The molecule has 2 N–H and O–H groups in total. The van der Waals surface area contributed by atoms with E-state index >= 15 is 0 Å². The molecule has 1 aliphatic carbocycles. The SMILES string of the molecule is CN=C(NCCS(=O)Cc1ccccc1)NC1CCCC(C(F)(F)F)C1. The number of aliphatic imine (C=N–C) groups is 1. The molecule has 0 radical (unpaired) electrons. The molecule has 1 saturated carbocycles. The Balaban J connectivity index is 1.73. The molecule has 0 aliphatic heterocycles. The predicted molar refractivity (Wildman–Crippen MR) is 99.5 cm³/mol. The maximum absolute atomic E-state index is 12.9. The molecule has 3 atom stereocenters. The highest BCUT2D eigenvalue weighted by atomic mass is 32.2. The summed E-state index contributed by atoms with van der Waals surface area (Å²) in [7, 11) is 0.576. The third kappa shape index (κ3) is 6.97. The molecule has 0 aromatic heterocycles. The first-order chi connectivity index (χ1) is 12.4. The van der Waals surface area contributed by atoms with Crippen LogP contribution < -0.4 is 10.6 Å². The molecule has 3 unspecified atom stereocenters. The van der Waals surface area contributed by atoms with Gasteiger partial charge in [-0.15, -0.1) is 0 Å². The van der Waals surface area contributed by atoms with Crippen LogP contribution in [-0.4, -0.2) is 41.7 Å². The second-order valence-electron chi connectivity index (χ2n) is 6.52. The Bertz CT molecular complexity index is 607. The van der Waals surface area contributed by atoms with Gasteiger partial charge in [-0.1, -0.05) is 36.8 Å². The smallest absolute Gasteiger partial charge is 0.355 e. The van der Waals surface area contributed by atoms with Crippen molar-refractivity contribution in [3.8, 4) is 0 Å². The normalized spacial score (nSPS) is 22.7. The molecule has 0 heterocycles. The summed E-state index contributed by atoms with van der Waals surface area (Å²) >= 11 is 0. The molecular formula is C18H26F3N3OS. The lowest BCUT2D eigenvalue weighted by molar-refractivity contribution is -0.183. The summed E-state index contributed by atoms with van der Waals surface area (Å²) < 4.78 is 50.8. The summed E-state index contributed by atoms with van der Waals surface area (Å²) in [4.78, 5) is 4.06. The highest BCUT2D eigenvalue weighted by Gasteiger charge is 2.42. The van der Waals surface area contributed by atoms with Gasteiger partial charge in [0.25, 0.3) is 0 Å². The Morgan fingerprint density at radius 2 is 2.00 bits per heavy atom. The van der Waals surface area contributed by atoms with Gasteiger partial charge in [-0.05, 0) is 24.8 Å². The fraction of sp³-hybridized carbons (Fsp3) is 0.611. The Kier molecular flexibility index (Phi) is 7.93. The maximum atomic E-state index is 12.9. The van der Waals surface area contributed by atoms with Crippen LogP contribution in [0.5, 0.6) is 0 Å². The zero-order chi connectivity index (χ0) is 19.0. The van der Waals surface area contributed by atoms with Crippen molar-refractivity contribution in [3.63, 3.8) is 0 Å². The van der Waals surface area contributed by atoms with Gasteiger partial charge in [0.1, 0.15) is 0 Å². The number of nitrogens with one attached hydrogen (secondary N) is 2. The minimum Gasteiger partial charge on any atom is -0.355 e. The van der Waals surface area contributed by atoms with Gasteiger partial charge >= 0.3 is 6.18 Å². The van der Waals surface area contributed by atoms with Gasteiger partial charge in [0.2, 0.25) is 0 Å². The predicted octanol–water partition coefficient (Wildman–Crippen LogP) is 3.22. The third-order valence-electron chi connectivity index (χ3n) is 4.49. The van der Waals surface area contributed by atoms with E-state index in [1.54, 1.807) is 7.05 Å². The van der Waals surface area contributed by atoms with Crippen LogP contribution in [0, 0.1) is 5.92 Å². The standard InChI is InChI=1S/C18H26F3N3OS/c1-22-17(24-16-9-5-8-15(12-16)18(19,20)21)23-10-11-26(25)13-14-6-3-2-4-7-14/h2-4,6-7,15-16H,5,8-13H2,1H3,(H2,22,23,24). The van der Waals surface area contributed by atoms with Crippen molar-refractivity contribution in [1.29, 1.82) is 0 Å². The molecule has 2 rings (SSSR count). The lowest BCUT2D eigenvalue weighted by Crippen LogP contribution is -2.47. The van der Waals surface area contributed by atoms with Crippen LogP contribution in [0.4, 0.5) is 13.2 Å². The number of guanidine groups is 1. The Hall–Kier alpha value is -1.57. The molecule has 8 heteroatoms. The van der Waals surface area contributed by atoms with Gasteiger partial charge in [0, 0.05) is 41.9 Å². The summed E-state index contributed by atoms with van der Waals surface area (Å²) in [5.41, 5.74) is 1.02. The second-order valence-corrected chi connectivity index (χ2v) is 8.10. The van der Waals surface area contributed by atoms with E-state index in [0.717, 1.165) is 5.56 Å². The molecular weight excluding hydrogens is 363 g/mol. The van der Waals surface area contributed by atoms with Crippen LogP contribution in [-0.2, 0) is 16.6 Å². The van der Waals surface area contributed by atoms with Gasteiger partial charge < -0.3 is 10.6 Å². The van der Waals surface area contributed by atoms with Crippen molar-refractivity contribution in [2.24, 2.45) is 10.9 Å². The zero-order valence-corrected chi connectivity index (χ0v) is 15.7. The van der Waals surface area contributed by atoms with Crippen molar-refractivity contribution in [1.82, 2.24) is 10.6 Å². The van der Waals surface area contributed by atoms with Crippen LogP contribution in [0.25, 0.3) is 0 Å². The quantitative estimate of drug-likeness (QED) is 0.580. The van der Waals surface area contributed by atoms with Gasteiger partial charge in [-0.3, -0.25) is 9.20 Å². The van der Waals surface area contributed by atoms with Gasteiger partial charge in [-0.2, -0.15) is 13.2 Å². The third-order valence-corrected chi connectivity index (χ3v) is 5.81. The highest BCUT2D eigenvalue weighted by molar-refractivity contribution is 7.84. The molecule has 146 valence electrons. The molecule has 26 heavy (non-hydrogen) atoms. The van der Waals surface area contributed by atoms with Crippen molar-refractivity contribution in [3.05, 3.63) is 35.9 Å². The number of rotatable bonds is 6. The molecule has 0 bridgehead atoms. The minimum atomic E-state index is -4.13. The molecule has 1 aliphatic rings. The van der Waals surface area contributed by atoms with E-state index in [2.05, 4.69) is 15.6 Å². The Labute approximate surface area is 155 Å². The largest absolute Gasteiger partial charge is 0.391 e. The van der Waals surface area contributed by atoms with Crippen molar-refractivity contribution >= 4 is 16.8 Å².